The molecule has 1 rings (SSSR count). The Balaban J connectivity index is 2.66. The third kappa shape index (κ3) is 5.38. The van der Waals surface area contributed by atoms with Crippen LogP contribution in [0.15, 0.2) is 24.3 Å². The molecule has 0 fully saturated rings. The molecule has 1 aromatic carbocycles. The van der Waals surface area contributed by atoms with Gasteiger partial charge in [-0.1, -0.05) is 24.3 Å². The Morgan fingerprint density at radius 1 is 0.893 bits per heavy atom. The van der Waals surface area contributed by atoms with Gasteiger partial charge in [0.1, 0.15) is 13.2 Å². The van der Waals surface area contributed by atoms with E-state index in [1.165, 1.54) is 24.3 Å². The van der Waals surface area contributed by atoms with Crippen molar-refractivity contribution in [1.82, 2.24) is 0 Å². The van der Waals surface area contributed by atoms with Crippen molar-refractivity contribution in [2.75, 3.05) is 0 Å². The highest BCUT2D eigenvalue weighted by molar-refractivity contribution is 7.87. The standard InChI is InChI=1S/C15H15F5O7S/c1-13(2,15(18,19)20)11(21)26-7-9-3-5-10(6-4-9)8-27-12(22)14(16,17)28(23,24)25/h3-6H,7-8H2,1-2H3,(H,23,24,25). The van der Waals surface area contributed by atoms with E-state index in [4.69, 9.17) is 4.55 Å². The van der Waals surface area contributed by atoms with Crippen LogP contribution in [0.25, 0.3) is 0 Å². The molecule has 0 aliphatic carbocycles. The van der Waals surface area contributed by atoms with Crippen molar-refractivity contribution in [3.8, 4) is 0 Å². The maximum absolute atomic E-state index is 13.0. The summed E-state index contributed by atoms with van der Waals surface area (Å²) in [6.07, 6.45) is -4.80. The Kier molecular flexibility index (Phi) is 6.78. The molecule has 0 bridgehead atoms. The quantitative estimate of drug-likeness (QED) is 0.400. The Hall–Kier alpha value is -2.28. The van der Waals surface area contributed by atoms with Gasteiger partial charge in [-0.15, -0.1) is 0 Å². The first-order valence-corrected chi connectivity index (χ1v) is 8.78. The molecule has 0 amide bonds. The van der Waals surface area contributed by atoms with E-state index in [2.05, 4.69) is 9.47 Å². The zero-order chi connectivity index (χ0) is 22.0. The van der Waals surface area contributed by atoms with Crippen LogP contribution in [0.3, 0.4) is 0 Å². The van der Waals surface area contributed by atoms with Crippen LogP contribution in [-0.2, 0) is 42.4 Å². The number of carbonyl (C=O) groups excluding carboxylic acids is 2. The van der Waals surface area contributed by atoms with Gasteiger partial charge in [0.15, 0.2) is 5.41 Å². The van der Waals surface area contributed by atoms with Crippen LogP contribution in [0.4, 0.5) is 22.0 Å². The molecule has 28 heavy (non-hydrogen) atoms. The summed E-state index contributed by atoms with van der Waals surface area (Å²) in [6.45, 7) is 0.0502. The molecule has 1 aromatic rings. The normalized spacial score (nSPS) is 13.1. The van der Waals surface area contributed by atoms with Gasteiger partial charge in [-0.3, -0.25) is 9.35 Å². The van der Waals surface area contributed by atoms with Gasteiger partial charge in [-0.25, -0.2) is 4.79 Å². The lowest BCUT2D eigenvalue weighted by atomic mass is 9.93. The van der Waals surface area contributed by atoms with Crippen LogP contribution in [0.2, 0.25) is 0 Å². The number of alkyl halides is 5. The van der Waals surface area contributed by atoms with Gasteiger partial charge in [-0.2, -0.15) is 30.4 Å². The van der Waals surface area contributed by atoms with Crippen molar-refractivity contribution < 1.29 is 54.0 Å². The van der Waals surface area contributed by atoms with Gasteiger partial charge in [0.05, 0.1) is 0 Å². The molecular weight excluding hydrogens is 419 g/mol. The topological polar surface area (TPSA) is 107 Å². The average molecular weight is 434 g/mol. The summed E-state index contributed by atoms with van der Waals surface area (Å²) < 4.78 is 102. The molecule has 0 spiro atoms. The van der Waals surface area contributed by atoms with Crippen molar-refractivity contribution in [1.29, 1.82) is 0 Å². The first-order chi connectivity index (χ1) is 12.5. The number of ether oxygens (including phenoxy) is 2. The number of carbonyl (C=O) groups is 2. The first-order valence-electron chi connectivity index (χ1n) is 7.34. The molecule has 0 radical (unpaired) electrons. The molecule has 0 saturated heterocycles. The minimum absolute atomic E-state index is 0.116. The second kappa shape index (κ2) is 7.99. The monoisotopic (exact) mass is 434 g/mol. The smallest absolute Gasteiger partial charge is 0.460 e. The largest absolute Gasteiger partial charge is 0.465 e. The number of rotatable bonds is 7. The van der Waals surface area contributed by atoms with Gasteiger partial charge >= 0.3 is 33.5 Å². The number of hydrogen-bond donors (Lipinski definition) is 1. The molecule has 0 aliphatic heterocycles. The number of benzene rings is 1. The minimum Gasteiger partial charge on any atom is -0.460 e. The van der Waals surface area contributed by atoms with E-state index in [1.54, 1.807) is 0 Å². The van der Waals surface area contributed by atoms with Crippen LogP contribution in [0.1, 0.15) is 25.0 Å². The van der Waals surface area contributed by atoms with Crippen LogP contribution >= 0.6 is 0 Å². The van der Waals surface area contributed by atoms with Crippen molar-refractivity contribution in [2.45, 2.75) is 38.5 Å². The lowest BCUT2D eigenvalue weighted by Gasteiger charge is -2.25. The van der Waals surface area contributed by atoms with Crippen LogP contribution in [0.5, 0.6) is 0 Å². The summed E-state index contributed by atoms with van der Waals surface area (Å²) in [5, 5.41) is -5.13. The molecule has 13 heteroatoms. The van der Waals surface area contributed by atoms with Gasteiger partial charge in [0.2, 0.25) is 0 Å². The number of esters is 2. The van der Waals surface area contributed by atoms with Crippen LogP contribution in [-0.4, -0.2) is 36.3 Å². The molecule has 0 heterocycles. The Morgan fingerprint density at radius 3 is 1.57 bits per heavy atom. The molecule has 1 N–H and O–H groups in total. The van der Waals surface area contributed by atoms with Crippen molar-refractivity contribution in [3.05, 3.63) is 35.4 Å². The first kappa shape index (κ1) is 23.8. The molecule has 0 aromatic heterocycles. The summed E-state index contributed by atoms with van der Waals surface area (Å²) in [4.78, 5) is 22.6. The van der Waals surface area contributed by atoms with Gasteiger partial charge < -0.3 is 9.47 Å². The molecule has 0 saturated carbocycles. The molecule has 0 atom stereocenters. The second-order valence-electron chi connectivity index (χ2n) is 6.08. The van der Waals surface area contributed by atoms with Crippen molar-refractivity contribution in [2.24, 2.45) is 5.41 Å². The fourth-order valence-electron chi connectivity index (χ4n) is 1.51. The molecular formula is C15H15F5O7S. The Bertz CT molecular complexity index is 829. The summed E-state index contributed by atoms with van der Waals surface area (Å²) in [5.74, 6) is -3.98. The lowest BCUT2D eigenvalue weighted by molar-refractivity contribution is -0.225. The van der Waals surface area contributed by atoms with Gasteiger partial charge in [0.25, 0.3) is 0 Å². The van der Waals surface area contributed by atoms with E-state index >= 15 is 0 Å². The second-order valence-corrected chi connectivity index (χ2v) is 7.55. The zero-order valence-corrected chi connectivity index (χ0v) is 15.2. The van der Waals surface area contributed by atoms with E-state index in [0.29, 0.717) is 13.8 Å². The predicted molar refractivity (Wildman–Crippen MR) is 82.4 cm³/mol. The van der Waals surface area contributed by atoms with Crippen LogP contribution < -0.4 is 0 Å². The minimum atomic E-state index is -5.99. The molecule has 7 nitrogen and oxygen atoms in total. The lowest BCUT2D eigenvalue weighted by Crippen LogP contribution is -2.40. The molecule has 158 valence electrons. The molecule has 0 aliphatic rings. The van der Waals surface area contributed by atoms with Gasteiger partial charge in [-0.05, 0) is 25.0 Å². The van der Waals surface area contributed by atoms with Gasteiger partial charge in [0, 0.05) is 0 Å². The van der Waals surface area contributed by atoms with Crippen molar-refractivity contribution in [3.63, 3.8) is 0 Å². The fraction of sp³-hybridized carbons (Fsp3) is 0.467. The molecule has 0 unspecified atom stereocenters. The predicted octanol–water partition coefficient (Wildman–Crippen LogP) is 2.84. The third-order valence-corrected chi connectivity index (χ3v) is 4.36. The highest BCUT2D eigenvalue weighted by atomic mass is 32.2. The Morgan fingerprint density at radius 2 is 1.25 bits per heavy atom. The summed E-state index contributed by atoms with van der Waals surface area (Å²) >= 11 is 0. The summed E-state index contributed by atoms with van der Waals surface area (Å²) in [5.41, 5.74) is -2.34. The maximum atomic E-state index is 13.0. The highest BCUT2D eigenvalue weighted by Gasteiger charge is 2.55. The Labute approximate surface area is 156 Å². The van der Waals surface area contributed by atoms with E-state index in [-0.39, 0.29) is 11.1 Å². The third-order valence-electron chi connectivity index (χ3n) is 3.54. The van der Waals surface area contributed by atoms with E-state index in [9.17, 15) is 40.0 Å². The number of halogens is 5. The van der Waals surface area contributed by atoms with E-state index < -0.39 is 52.1 Å². The zero-order valence-electron chi connectivity index (χ0n) is 14.4. The number of hydrogen-bond acceptors (Lipinski definition) is 6. The van der Waals surface area contributed by atoms with E-state index in [1.807, 2.05) is 0 Å². The average Bonchev–Trinajstić information content (AvgIpc) is 2.56. The summed E-state index contributed by atoms with van der Waals surface area (Å²) in [6, 6.07) is 4.96. The SMILES string of the molecule is CC(C)(C(=O)OCc1ccc(COC(=O)C(F)(F)S(=O)(=O)O)cc1)C(F)(F)F. The highest BCUT2D eigenvalue weighted by Crippen LogP contribution is 2.38. The van der Waals surface area contributed by atoms with Crippen molar-refractivity contribution >= 4 is 22.1 Å². The van der Waals surface area contributed by atoms with E-state index in [0.717, 1.165) is 0 Å². The summed E-state index contributed by atoms with van der Waals surface area (Å²) in [7, 11) is -5.99. The fourth-order valence-corrected chi connectivity index (χ4v) is 1.78. The maximum Gasteiger partial charge on any atom is 0.465 e. The van der Waals surface area contributed by atoms with Crippen LogP contribution in [0, 0.1) is 5.41 Å².